The maximum atomic E-state index is 12.3. The minimum Gasteiger partial charge on any atom is -0.466 e. The quantitative estimate of drug-likeness (QED) is 0.588. The Morgan fingerprint density at radius 3 is 3.00 bits per heavy atom. The Morgan fingerprint density at radius 1 is 1.42 bits per heavy atom. The molecule has 138 valence electrons. The molecule has 3 rings (SSSR count). The standard InChI is InChI=1S/C16H18N4O4S2/c1-3-24-14(23)5-10-7-25-15(18-10)19-12(21)6-11-8-26-16-17-9(2)4-13(22)20(11)16/h4,7,11H,3,5-6,8H2,1-2H3,(H,18,19,21)/t11-/m0/s1. The minimum absolute atomic E-state index is 0.0767. The normalized spacial score (nSPS) is 15.5. The summed E-state index contributed by atoms with van der Waals surface area (Å²) in [6, 6.07) is 1.25. The number of hydrogen-bond acceptors (Lipinski definition) is 8. The third-order valence-electron chi connectivity index (χ3n) is 3.67. The van der Waals surface area contributed by atoms with Crippen molar-refractivity contribution >= 4 is 40.1 Å². The van der Waals surface area contributed by atoms with Crippen molar-refractivity contribution in [1.82, 2.24) is 14.5 Å². The van der Waals surface area contributed by atoms with Gasteiger partial charge in [0.15, 0.2) is 10.3 Å². The zero-order chi connectivity index (χ0) is 18.7. The number of anilines is 1. The number of carbonyl (C=O) groups excluding carboxylic acids is 2. The van der Waals surface area contributed by atoms with E-state index < -0.39 is 0 Å². The molecule has 3 heterocycles. The van der Waals surface area contributed by atoms with Gasteiger partial charge < -0.3 is 10.1 Å². The second kappa shape index (κ2) is 8.00. The van der Waals surface area contributed by atoms with Gasteiger partial charge in [0, 0.05) is 29.3 Å². The van der Waals surface area contributed by atoms with Crippen LogP contribution in [0.2, 0.25) is 0 Å². The number of thiazole rings is 1. The fraction of sp³-hybridized carbons (Fsp3) is 0.438. The molecule has 2 aromatic rings. The molecule has 1 N–H and O–H groups in total. The van der Waals surface area contributed by atoms with Crippen molar-refractivity contribution in [3.8, 4) is 0 Å². The van der Waals surface area contributed by atoms with E-state index in [4.69, 9.17) is 4.74 Å². The van der Waals surface area contributed by atoms with Crippen LogP contribution in [0.5, 0.6) is 0 Å². The van der Waals surface area contributed by atoms with Gasteiger partial charge in [-0.2, -0.15) is 0 Å². The summed E-state index contributed by atoms with van der Waals surface area (Å²) >= 11 is 2.73. The van der Waals surface area contributed by atoms with Gasteiger partial charge in [0.05, 0.1) is 24.8 Å². The lowest BCUT2D eigenvalue weighted by molar-refractivity contribution is -0.142. The van der Waals surface area contributed by atoms with Crippen LogP contribution in [0.1, 0.15) is 30.8 Å². The van der Waals surface area contributed by atoms with E-state index in [-0.39, 0.29) is 36.3 Å². The zero-order valence-electron chi connectivity index (χ0n) is 14.4. The molecular formula is C16H18N4O4S2. The number of amides is 1. The first-order chi connectivity index (χ1) is 12.5. The highest BCUT2D eigenvalue weighted by Gasteiger charge is 2.27. The van der Waals surface area contributed by atoms with E-state index in [9.17, 15) is 14.4 Å². The fourth-order valence-electron chi connectivity index (χ4n) is 2.60. The molecule has 1 amide bonds. The monoisotopic (exact) mass is 394 g/mol. The number of ether oxygens (including phenoxy) is 1. The molecule has 26 heavy (non-hydrogen) atoms. The fourth-order valence-corrected chi connectivity index (χ4v) is 4.52. The molecule has 0 saturated heterocycles. The number of nitrogens with one attached hydrogen (secondary N) is 1. The number of aromatic nitrogens is 3. The summed E-state index contributed by atoms with van der Waals surface area (Å²) in [6.45, 7) is 3.84. The number of aryl methyl sites for hydroxylation is 1. The molecule has 0 aliphatic carbocycles. The number of nitrogens with zero attached hydrogens (tertiary/aromatic N) is 3. The molecular weight excluding hydrogens is 376 g/mol. The molecule has 0 radical (unpaired) electrons. The van der Waals surface area contributed by atoms with Crippen molar-refractivity contribution in [1.29, 1.82) is 0 Å². The first kappa shape index (κ1) is 18.6. The largest absolute Gasteiger partial charge is 0.466 e. The average Bonchev–Trinajstić information content (AvgIpc) is 3.14. The van der Waals surface area contributed by atoms with Gasteiger partial charge in [-0.05, 0) is 13.8 Å². The van der Waals surface area contributed by atoms with Gasteiger partial charge in [-0.3, -0.25) is 19.0 Å². The summed E-state index contributed by atoms with van der Waals surface area (Å²) in [7, 11) is 0. The summed E-state index contributed by atoms with van der Waals surface area (Å²) < 4.78 is 6.45. The van der Waals surface area contributed by atoms with Crippen LogP contribution in [-0.2, 0) is 20.7 Å². The Kier molecular flexibility index (Phi) is 5.72. The van der Waals surface area contributed by atoms with E-state index in [0.29, 0.717) is 34.0 Å². The molecule has 0 spiro atoms. The number of rotatable bonds is 6. The molecule has 8 nitrogen and oxygen atoms in total. The first-order valence-corrected chi connectivity index (χ1v) is 9.95. The van der Waals surface area contributed by atoms with Gasteiger partial charge in [0.25, 0.3) is 5.56 Å². The lowest BCUT2D eigenvalue weighted by Gasteiger charge is -2.12. The summed E-state index contributed by atoms with van der Waals surface area (Å²) in [5.74, 6) is 0.0517. The molecule has 0 unspecified atom stereocenters. The SMILES string of the molecule is CCOC(=O)Cc1csc(NC(=O)C[C@H]2CSc3nc(C)cc(=O)n32)n1. The Hall–Kier alpha value is -2.20. The minimum atomic E-state index is -0.350. The second-order valence-corrected chi connectivity index (χ2v) is 7.58. The van der Waals surface area contributed by atoms with Crippen molar-refractivity contribution in [3.05, 3.63) is 33.2 Å². The van der Waals surface area contributed by atoms with E-state index in [1.165, 1.54) is 29.2 Å². The Bertz CT molecular complexity index is 893. The third kappa shape index (κ3) is 4.31. The topological polar surface area (TPSA) is 103 Å². The van der Waals surface area contributed by atoms with Crippen LogP contribution < -0.4 is 10.9 Å². The van der Waals surface area contributed by atoms with Crippen LogP contribution in [0.25, 0.3) is 0 Å². The molecule has 2 aromatic heterocycles. The van der Waals surface area contributed by atoms with E-state index in [1.807, 2.05) is 0 Å². The van der Waals surface area contributed by atoms with Gasteiger partial charge in [-0.1, -0.05) is 11.8 Å². The lowest BCUT2D eigenvalue weighted by Crippen LogP contribution is -2.27. The predicted molar refractivity (Wildman–Crippen MR) is 98.7 cm³/mol. The van der Waals surface area contributed by atoms with Gasteiger partial charge in [-0.25, -0.2) is 9.97 Å². The van der Waals surface area contributed by atoms with Crippen LogP contribution in [0.4, 0.5) is 5.13 Å². The maximum Gasteiger partial charge on any atom is 0.311 e. The van der Waals surface area contributed by atoms with E-state index >= 15 is 0 Å². The summed E-state index contributed by atoms with van der Waals surface area (Å²) in [5.41, 5.74) is 1.10. The summed E-state index contributed by atoms with van der Waals surface area (Å²) in [6.07, 6.45) is 0.241. The molecule has 1 aliphatic heterocycles. The molecule has 0 saturated carbocycles. The average molecular weight is 394 g/mol. The van der Waals surface area contributed by atoms with Crippen LogP contribution >= 0.6 is 23.1 Å². The predicted octanol–water partition coefficient (Wildman–Crippen LogP) is 1.79. The van der Waals surface area contributed by atoms with E-state index in [2.05, 4.69) is 15.3 Å². The highest BCUT2D eigenvalue weighted by Crippen LogP contribution is 2.32. The van der Waals surface area contributed by atoms with Gasteiger partial charge >= 0.3 is 5.97 Å². The van der Waals surface area contributed by atoms with Crippen LogP contribution in [0.15, 0.2) is 21.4 Å². The Morgan fingerprint density at radius 2 is 2.23 bits per heavy atom. The zero-order valence-corrected chi connectivity index (χ0v) is 16.0. The Labute approximate surface area is 158 Å². The number of carbonyl (C=O) groups is 2. The summed E-state index contributed by atoms with van der Waals surface area (Å²) in [4.78, 5) is 44.5. The van der Waals surface area contributed by atoms with Crippen molar-refractivity contribution in [2.75, 3.05) is 17.7 Å². The maximum absolute atomic E-state index is 12.3. The molecule has 1 atom stereocenters. The highest BCUT2D eigenvalue weighted by molar-refractivity contribution is 7.99. The van der Waals surface area contributed by atoms with E-state index in [1.54, 1.807) is 23.8 Å². The molecule has 1 aliphatic rings. The highest BCUT2D eigenvalue weighted by atomic mass is 32.2. The summed E-state index contributed by atoms with van der Waals surface area (Å²) in [5, 5.41) is 5.52. The smallest absolute Gasteiger partial charge is 0.311 e. The van der Waals surface area contributed by atoms with Gasteiger partial charge in [-0.15, -0.1) is 11.3 Å². The Balaban J connectivity index is 1.60. The third-order valence-corrected chi connectivity index (χ3v) is 5.57. The second-order valence-electron chi connectivity index (χ2n) is 5.73. The van der Waals surface area contributed by atoms with Gasteiger partial charge in [0.1, 0.15) is 0 Å². The van der Waals surface area contributed by atoms with Crippen molar-refractivity contribution in [2.24, 2.45) is 0 Å². The first-order valence-electron chi connectivity index (χ1n) is 8.09. The number of fused-ring (bicyclic) bond motifs is 1. The molecule has 10 heteroatoms. The molecule has 0 aromatic carbocycles. The number of hydrogen-bond donors (Lipinski definition) is 1. The van der Waals surface area contributed by atoms with Crippen molar-refractivity contribution in [3.63, 3.8) is 0 Å². The van der Waals surface area contributed by atoms with Crippen LogP contribution in [0.3, 0.4) is 0 Å². The molecule has 0 fully saturated rings. The van der Waals surface area contributed by atoms with E-state index in [0.717, 1.165) is 0 Å². The van der Waals surface area contributed by atoms with Gasteiger partial charge in [0.2, 0.25) is 5.91 Å². The van der Waals surface area contributed by atoms with Crippen LogP contribution in [0, 0.1) is 6.92 Å². The lowest BCUT2D eigenvalue weighted by atomic mass is 10.2. The number of esters is 1. The van der Waals surface area contributed by atoms with Crippen molar-refractivity contribution < 1.29 is 14.3 Å². The van der Waals surface area contributed by atoms with Crippen molar-refractivity contribution in [2.45, 2.75) is 37.9 Å². The van der Waals surface area contributed by atoms with Crippen LogP contribution in [-0.4, -0.2) is 38.8 Å². The molecule has 0 bridgehead atoms. The number of thioether (sulfide) groups is 1.